The zero-order valence-corrected chi connectivity index (χ0v) is 26.7. The number of pyridine rings is 1. The van der Waals surface area contributed by atoms with Crippen LogP contribution in [0.4, 0.5) is 20.3 Å². The molecule has 0 aliphatic rings. The number of rotatable bonds is 12. The van der Waals surface area contributed by atoms with Crippen molar-refractivity contribution in [1.29, 1.82) is 0 Å². The highest BCUT2D eigenvalue weighted by molar-refractivity contribution is 7.73. The molecule has 0 aliphatic heterocycles. The van der Waals surface area contributed by atoms with Gasteiger partial charge in [0.2, 0.25) is 10.3 Å². The van der Waals surface area contributed by atoms with Crippen LogP contribution in [0, 0.1) is 11.6 Å². The van der Waals surface area contributed by atoms with Crippen LogP contribution >= 0.6 is 22.9 Å². The molecular weight excluding hydrogens is 668 g/mol. The number of anilines is 2. The average Bonchev–Trinajstić information content (AvgIpc) is 3.53. The maximum Gasteiger partial charge on any atom is 0.221 e. The minimum Gasteiger partial charge on any atom is -0.487 e. The Morgan fingerprint density at radius 3 is 2.66 bits per heavy atom. The van der Waals surface area contributed by atoms with Gasteiger partial charge in [-0.3, -0.25) is 4.98 Å². The van der Waals surface area contributed by atoms with Crippen molar-refractivity contribution in [1.82, 2.24) is 19.9 Å². The molecule has 0 amide bonds. The Morgan fingerprint density at radius 2 is 1.87 bits per heavy atom. The van der Waals surface area contributed by atoms with Crippen LogP contribution in [-0.4, -0.2) is 46.4 Å². The Balaban J connectivity index is 1.14. The second-order valence-corrected chi connectivity index (χ2v) is 12.4. The summed E-state index contributed by atoms with van der Waals surface area (Å²) in [5.41, 5.74) is 2.70. The van der Waals surface area contributed by atoms with Gasteiger partial charge < -0.3 is 14.8 Å². The summed E-state index contributed by atoms with van der Waals surface area (Å²) in [6, 6.07) is 19.2. The molecule has 9 nitrogen and oxygen atoms in total. The first-order valence-electron chi connectivity index (χ1n) is 14.1. The van der Waals surface area contributed by atoms with Crippen molar-refractivity contribution in [2.45, 2.75) is 13.0 Å². The minimum absolute atomic E-state index is 0.0581. The quantitative estimate of drug-likeness (QED) is 0.0818. The molecule has 3 heterocycles. The van der Waals surface area contributed by atoms with Crippen LogP contribution in [0.1, 0.15) is 16.3 Å². The highest BCUT2D eigenvalue weighted by Crippen LogP contribution is 2.34. The van der Waals surface area contributed by atoms with Crippen molar-refractivity contribution < 1.29 is 26.7 Å². The molecular formula is C33H24ClF2N5O4S2. The molecule has 0 saturated carbocycles. The van der Waals surface area contributed by atoms with E-state index in [2.05, 4.69) is 25.3 Å². The minimum atomic E-state index is -2.48. The van der Waals surface area contributed by atoms with E-state index in [4.69, 9.17) is 21.1 Å². The van der Waals surface area contributed by atoms with E-state index in [9.17, 15) is 12.8 Å². The first-order valence-corrected chi connectivity index (χ1v) is 16.4. The monoisotopic (exact) mass is 691 g/mol. The molecule has 0 saturated heterocycles. The SMILES string of the molecule is O=S(=O)=C(COCCc1nc(-c2cc3c(Nc4ccc(OCc5cccc(F)c5)c(Cl)c4)ncnc3cc2F)cs1)c1ccccn1. The Morgan fingerprint density at radius 1 is 0.979 bits per heavy atom. The molecule has 238 valence electrons. The van der Waals surface area contributed by atoms with E-state index in [-0.39, 0.29) is 36.1 Å². The Hall–Kier alpha value is -4.82. The van der Waals surface area contributed by atoms with Gasteiger partial charge in [-0.05, 0) is 54.1 Å². The largest absolute Gasteiger partial charge is 0.487 e. The molecule has 3 aromatic carbocycles. The van der Waals surface area contributed by atoms with Gasteiger partial charge in [-0.25, -0.2) is 23.7 Å². The van der Waals surface area contributed by atoms with Crippen LogP contribution in [0.2, 0.25) is 5.02 Å². The van der Waals surface area contributed by atoms with Gasteiger partial charge in [0.15, 0.2) is 0 Å². The second-order valence-electron chi connectivity index (χ2n) is 10.1. The fourth-order valence-corrected chi connectivity index (χ4v) is 6.09. The standard InChI is InChI=1S/C33H24ClF2N5O4S2/c34-25-13-22(7-8-30(25)45-16-20-4-3-5-21(35)12-20)40-33-24-14-23(26(36)15-28(24)38-19-39-33)29-18-46-32(41-29)9-11-44-17-31(47(42)43)27-6-1-2-10-37-27/h1-8,10,12-15,18-19H,9,11,16-17H2,(H,38,39,40). The summed E-state index contributed by atoms with van der Waals surface area (Å²) in [5.74, 6) is 0.0155. The van der Waals surface area contributed by atoms with E-state index in [0.717, 1.165) is 0 Å². The Labute approximate surface area is 278 Å². The van der Waals surface area contributed by atoms with Gasteiger partial charge in [0, 0.05) is 40.7 Å². The van der Waals surface area contributed by atoms with Crippen LogP contribution in [-0.2, 0) is 28.1 Å². The maximum absolute atomic E-state index is 15.3. The van der Waals surface area contributed by atoms with Crippen LogP contribution in [0.3, 0.4) is 0 Å². The number of hydrogen-bond acceptors (Lipinski definition) is 10. The third kappa shape index (κ3) is 7.95. The highest BCUT2D eigenvalue weighted by atomic mass is 35.5. The van der Waals surface area contributed by atoms with E-state index in [1.54, 1.807) is 60.0 Å². The van der Waals surface area contributed by atoms with Gasteiger partial charge in [0.25, 0.3) is 0 Å². The van der Waals surface area contributed by atoms with Crippen molar-refractivity contribution >= 4 is 60.5 Å². The molecule has 0 fully saturated rings. The Kier molecular flexibility index (Phi) is 10.1. The number of nitrogens with one attached hydrogen (secondary N) is 1. The number of nitrogens with zero attached hydrogens (tertiary/aromatic N) is 4. The highest BCUT2D eigenvalue weighted by Gasteiger charge is 2.15. The molecule has 47 heavy (non-hydrogen) atoms. The van der Waals surface area contributed by atoms with E-state index in [1.807, 2.05) is 0 Å². The molecule has 6 aromatic rings. The topological polar surface area (TPSA) is 116 Å². The summed E-state index contributed by atoms with van der Waals surface area (Å²) in [4.78, 5) is 17.3. The smallest absolute Gasteiger partial charge is 0.221 e. The van der Waals surface area contributed by atoms with E-state index in [1.165, 1.54) is 42.1 Å². The number of thiazole rings is 1. The summed E-state index contributed by atoms with van der Waals surface area (Å²) >= 11 is 7.82. The van der Waals surface area contributed by atoms with Gasteiger partial charge in [0.1, 0.15) is 41.0 Å². The van der Waals surface area contributed by atoms with E-state index >= 15 is 4.39 Å². The zero-order chi connectivity index (χ0) is 32.8. The predicted molar refractivity (Wildman–Crippen MR) is 178 cm³/mol. The lowest BCUT2D eigenvalue weighted by Crippen LogP contribution is -2.14. The molecule has 0 bridgehead atoms. The van der Waals surface area contributed by atoms with Gasteiger partial charge in [-0.1, -0.05) is 29.8 Å². The molecule has 0 atom stereocenters. The number of hydrogen-bond donors (Lipinski definition) is 1. The van der Waals surface area contributed by atoms with Crippen molar-refractivity contribution in [2.24, 2.45) is 0 Å². The van der Waals surface area contributed by atoms with Crippen molar-refractivity contribution in [3.63, 3.8) is 0 Å². The van der Waals surface area contributed by atoms with E-state index < -0.39 is 16.1 Å². The number of aromatic nitrogens is 4. The third-order valence-corrected chi connectivity index (χ3v) is 8.81. The summed E-state index contributed by atoms with van der Waals surface area (Å²) in [6.45, 7) is 0.228. The van der Waals surface area contributed by atoms with Gasteiger partial charge in [-0.2, -0.15) is 8.42 Å². The van der Waals surface area contributed by atoms with Crippen molar-refractivity contribution in [3.05, 3.63) is 124 Å². The number of benzene rings is 3. The normalized spacial score (nSPS) is 11.0. The van der Waals surface area contributed by atoms with Gasteiger partial charge >= 0.3 is 0 Å². The van der Waals surface area contributed by atoms with Gasteiger partial charge in [-0.15, -0.1) is 11.3 Å². The summed E-state index contributed by atoms with van der Waals surface area (Å²) in [6.07, 6.45) is 3.25. The number of ether oxygens (including phenoxy) is 2. The lowest BCUT2D eigenvalue weighted by atomic mass is 10.1. The molecule has 1 N–H and O–H groups in total. The molecule has 3 aromatic heterocycles. The third-order valence-electron chi connectivity index (χ3n) is 6.88. The second kappa shape index (κ2) is 14.7. The molecule has 0 spiro atoms. The van der Waals surface area contributed by atoms with Crippen LogP contribution in [0.25, 0.3) is 22.2 Å². The van der Waals surface area contributed by atoms with Gasteiger partial charge in [0.05, 0.1) is 40.1 Å². The summed E-state index contributed by atoms with van der Waals surface area (Å²) < 4.78 is 63.4. The molecule has 14 heteroatoms. The first kappa shape index (κ1) is 32.1. The summed E-state index contributed by atoms with van der Waals surface area (Å²) in [5, 5.41) is 6.55. The Bertz CT molecular complexity index is 2190. The van der Waals surface area contributed by atoms with Crippen LogP contribution < -0.4 is 10.1 Å². The fraction of sp³-hybridized carbons (Fsp3) is 0.121. The maximum atomic E-state index is 15.3. The zero-order valence-electron chi connectivity index (χ0n) is 24.4. The average molecular weight is 692 g/mol. The van der Waals surface area contributed by atoms with Crippen LogP contribution in [0.5, 0.6) is 5.75 Å². The lowest BCUT2D eigenvalue weighted by Gasteiger charge is -2.12. The van der Waals surface area contributed by atoms with E-state index in [0.29, 0.717) is 61.6 Å². The number of halogens is 3. The molecule has 0 unspecified atom stereocenters. The number of fused-ring (bicyclic) bond motifs is 1. The fourth-order valence-electron chi connectivity index (χ4n) is 4.60. The molecule has 6 rings (SSSR count). The van der Waals surface area contributed by atoms with Crippen molar-refractivity contribution in [3.8, 4) is 17.0 Å². The van der Waals surface area contributed by atoms with Crippen LogP contribution in [0.15, 0.2) is 90.7 Å². The van der Waals surface area contributed by atoms with Crippen molar-refractivity contribution in [2.75, 3.05) is 18.5 Å². The molecule has 0 radical (unpaired) electrons. The first-order chi connectivity index (χ1) is 22.8. The predicted octanol–water partition coefficient (Wildman–Crippen LogP) is 7.06. The summed E-state index contributed by atoms with van der Waals surface area (Å²) in [7, 11) is -2.48. The lowest BCUT2D eigenvalue weighted by molar-refractivity contribution is 0.176. The molecule has 0 aliphatic carbocycles.